The predicted octanol–water partition coefficient (Wildman–Crippen LogP) is 4.27. The fraction of sp³-hybridized carbons (Fsp3) is 0.304. The Morgan fingerprint density at radius 1 is 1.14 bits per heavy atom. The van der Waals surface area contributed by atoms with Gasteiger partial charge in [0.25, 0.3) is 0 Å². The van der Waals surface area contributed by atoms with Crippen molar-refractivity contribution in [3.63, 3.8) is 0 Å². The Hall–Kier alpha value is -2.95. The number of piperidine rings is 1. The molecular weight excluding hydrogens is 353 g/mol. The lowest BCUT2D eigenvalue weighted by molar-refractivity contribution is -0.131. The highest BCUT2D eigenvalue weighted by atomic mass is 19.1. The van der Waals surface area contributed by atoms with E-state index in [1.165, 1.54) is 23.3 Å². The largest absolute Gasteiger partial charge is 0.342 e. The molecule has 5 heteroatoms. The third-order valence-corrected chi connectivity index (χ3v) is 5.46. The van der Waals surface area contributed by atoms with Gasteiger partial charge in [0.05, 0.1) is 18.3 Å². The van der Waals surface area contributed by atoms with E-state index in [1.807, 2.05) is 21.8 Å². The van der Waals surface area contributed by atoms with Gasteiger partial charge in [0.1, 0.15) is 5.82 Å². The highest BCUT2D eigenvalue weighted by Gasteiger charge is 2.24. The van der Waals surface area contributed by atoms with Crippen molar-refractivity contribution in [1.29, 1.82) is 0 Å². The molecule has 0 aliphatic carbocycles. The Morgan fingerprint density at radius 2 is 1.89 bits per heavy atom. The van der Waals surface area contributed by atoms with Crippen molar-refractivity contribution in [3.05, 3.63) is 83.4 Å². The summed E-state index contributed by atoms with van der Waals surface area (Å²) in [6.45, 7) is 3.58. The third-order valence-electron chi connectivity index (χ3n) is 5.46. The fourth-order valence-corrected chi connectivity index (χ4v) is 3.81. The first kappa shape index (κ1) is 18.4. The summed E-state index contributed by atoms with van der Waals surface area (Å²) >= 11 is 0. The lowest BCUT2D eigenvalue weighted by Gasteiger charge is -2.31. The Morgan fingerprint density at radius 3 is 2.61 bits per heavy atom. The van der Waals surface area contributed by atoms with Crippen LogP contribution in [0.25, 0.3) is 5.69 Å². The Kier molecular flexibility index (Phi) is 5.24. The monoisotopic (exact) mass is 377 g/mol. The van der Waals surface area contributed by atoms with Gasteiger partial charge >= 0.3 is 0 Å². The highest BCUT2D eigenvalue weighted by molar-refractivity contribution is 5.78. The molecule has 1 amide bonds. The van der Waals surface area contributed by atoms with E-state index in [1.54, 1.807) is 12.1 Å². The lowest BCUT2D eigenvalue weighted by atomic mass is 9.91. The van der Waals surface area contributed by atoms with Crippen molar-refractivity contribution in [2.75, 3.05) is 13.1 Å². The average molecular weight is 377 g/mol. The van der Waals surface area contributed by atoms with Crippen molar-refractivity contribution in [1.82, 2.24) is 14.7 Å². The van der Waals surface area contributed by atoms with Crippen LogP contribution in [0.4, 0.5) is 4.39 Å². The van der Waals surface area contributed by atoms with Crippen molar-refractivity contribution >= 4 is 5.91 Å². The van der Waals surface area contributed by atoms with Crippen LogP contribution in [-0.4, -0.2) is 33.7 Å². The van der Waals surface area contributed by atoms with Gasteiger partial charge in [0.2, 0.25) is 5.91 Å². The minimum absolute atomic E-state index is 0.112. The molecule has 0 saturated carbocycles. The van der Waals surface area contributed by atoms with Gasteiger partial charge in [-0.05, 0) is 66.6 Å². The van der Waals surface area contributed by atoms with Crippen LogP contribution < -0.4 is 0 Å². The van der Waals surface area contributed by atoms with Crippen LogP contribution in [0, 0.1) is 12.7 Å². The van der Waals surface area contributed by atoms with Gasteiger partial charge in [0.15, 0.2) is 0 Å². The zero-order valence-corrected chi connectivity index (χ0v) is 16.0. The van der Waals surface area contributed by atoms with E-state index < -0.39 is 0 Å². The van der Waals surface area contributed by atoms with Crippen LogP contribution in [0.15, 0.2) is 60.9 Å². The minimum Gasteiger partial charge on any atom is -0.342 e. The molecular formula is C23H24FN3O. The van der Waals surface area contributed by atoms with E-state index in [9.17, 15) is 9.18 Å². The van der Waals surface area contributed by atoms with Crippen molar-refractivity contribution < 1.29 is 9.18 Å². The minimum atomic E-state index is -0.275. The average Bonchev–Trinajstić information content (AvgIpc) is 3.20. The smallest absolute Gasteiger partial charge is 0.226 e. The number of halogens is 1. The number of carbonyl (C=O) groups is 1. The SMILES string of the molecule is Cc1cccc(-n2cc(C3CCN(C(=O)Cc4ccc(F)cc4)CC3)cn2)c1. The molecule has 0 N–H and O–H groups in total. The Labute approximate surface area is 164 Å². The topological polar surface area (TPSA) is 38.1 Å². The Balaban J connectivity index is 1.35. The highest BCUT2D eigenvalue weighted by Crippen LogP contribution is 2.28. The quantitative estimate of drug-likeness (QED) is 0.681. The van der Waals surface area contributed by atoms with Gasteiger partial charge < -0.3 is 4.90 Å². The van der Waals surface area contributed by atoms with Gasteiger partial charge in [-0.2, -0.15) is 5.10 Å². The van der Waals surface area contributed by atoms with Gasteiger partial charge in [-0.25, -0.2) is 9.07 Å². The molecule has 0 radical (unpaired) electrons. The van der Waals surface area contributed by atoms with Gasteiger partial charge in [-0.3, -0.25) is 4.79 Å². The summed E-state index contributed by atoms with van der Waals surface area (Å²) in [6, 6.07) is 14.5. The Bertz CT molecular complexity index is 956. The van der Waals surface area contributed by atoms with Crippen molar-refractivity contribution in [3.8, 4) is 5.69 Å². The summed E-state index contributed by atoms with van der Waals surface area (Å²) < 4.78 is 14.9. The second-order valence-corrected chi connectivity index (χ2v) is 7.52. The first-order valence-electron chi connectivity index (χ1n) is 9.72. The summed E-state index contributed by atoms with van der Waals surface area (Å²) in [4.78, 5) is 14.5. The maximum absolute atomic E-state index is 13.0. The number of aryl methyl sites for hydroxylation is 1. The second kappa shape index (κ2) is 7.97. The van der Waals surface area contributed by atoms with Crippen LogP contribution >= 0.6 is 0 Å². The van der Waals surface area contributed by atoms with Crippen LogP contribution in [0.2, 0.25) is 0 Å². The molecule has 1 aromatic heterocycles. The number of amides is 1. The zero-order valence-electron chi connectivity index (χ0n) is 16.0. The molecule has 4 nitrogen and oxygen atoms in total. The summed E-state index contributed by atoms with van der Waals surface area (Å²) in [6.07, 6.45) is 6.26. The molecule has 28 heavy (non-hydrogen) atoms. The molecule has 1 saturated heterocycles. The number of hydrogen-bond donors (Lipinski definition) is 0. The summed E-state index contributed by atoms with van der Waals surface area (Å²) in [5.74, 6) is 0.261. The first-order chi connectivity index (χ1) is 13.6. The predicted molar refractivity (Wildman–Crippen MR) is 107 cm³/mol. The number of nitrogens with zero attached hydrogens (tertiary/aromatic N) is 3. The van der Waals surface area contributed by atoms with E-state index in [2.05, 4.69) is 36.4 Å². The molecule has 144 valence electrons. The molecule has 0 bridgehead atoms. The molecule has 1 fully saturated rings. The maximum Gasteiger partial charge on any atom is 0.226 e. The van der Waals surface area contributed by atoms with Crippen molar-refractivity contribution in [2.45, 2.75) is 32.1 Å². The summed E-state index contributed by atoms with van der Waals surface area (Å²) in [7, 11) is 0. The van der Waals surface area contributed by atoms with Gasteiger partial charge in [-0.1, -0.05) is 24.3 Å². The maximum atomic E-state index is 13.0. The van der Waals surface area contributed by atoms with E-state index in [0.717, 1.165) is 37.2 Å². The molecule has 4 rings (SSSR count). The van der Waals surface area contributed by atoms with E-state index in [-0.39, 0.29) is 11.7 Å². The van der Waals surface area contributed by atoms with Gasteiger partial charge in [-0.15, -0.1) is 0 Å². The van der Waals surface area contributed by atoms with Crippen LogP contribution in [0.5, 0.6) is 0 Å². The number of carbonyl (C=O) groups excluding carboxylic acids is 1. The normalized spacial score (nSPS) is 15.0. The van der Waals surface area contributed by atoms with E-state index in [4.69, 9.17) is 0 Å². The van der Waals surface area contributed by atoms with E-state index >= 15 is 0 Å². The van der Waals surface area contributed by atoms with Crippen LogP contribution in [-0.2, 0) is 11.2 Å². The number of aromatic nitrogens is 2. The van der Waals surface area contributed by atoms with Crippen LogP contribution in [0.3, 0.4) is 0 Å². The number of benzene rings is 2. The van der Waals surface area contributed by atoms with Crippen molar-refractivity contribution in [2.24, 2.45) is 0 Å². The molecule has 0 atom stereocenters. The summed E-state index contributed by atoms with van der Waals surface area (Å²) in [5.41, 5.74) is 4.36. The van der Waals surface area contributed by atoms with E-state index in [0.29, 0.717) is 12.3 Å². The molecule has 0 unspecified atom stereocenters. The van der Waals surface area contributed by atoms with Crippen LogP contribution in [0.1, 0.15) is 35.4 Å². The second-order valence-electron chi connectivity index (χ2n) is 7.52. The number of likely N-dealkylation sites (tertiary alicyclic amines) is 1. The lowest BCUT2D eigenvalue weighted by Crippen LogP contribution is -2.38. The molecule has 2 aromatic carbocycles. The number of rotatable bonds is 4. The molecule has 3 aromatic rings. The van der Waals surface area contributed by atoms with Gasteiger partial charge in [0, 0.05) is 19.3 Å². The fourth-order valence-electron chi connectivity index (χ4n) is 3.81. The molecule has 1 aliphatic rings. The third kappa shape index (κ3) is 4.14. The number of hydrogen-bond acceptors (Lipinski definition) is 2. The molecule has 0 spiro atoms. The molecule has 2 heterocycles. The standard InChI is InChI=1S/C23H24FN3O/c1-17-3-2-4-22(13-17)27-16-20(15-25-27)19-9-11-26(12-10-19)23(28)14-18-5-7-21(24)8-6-18/h2-8,13,15-16,19H,9-12,14H2,1H3. The molecule has 1 aliphatic heterocycles. The first-order valence-corrected chi connectivity index (χ1v) is 9.72. The zero-order chi connectivity index (χ0) is 19.5. The summed E-state index contributed by atoms with van der Waals surface area (Å²) in [5, 5.41) is 4.53.